The highest BCUT2D eigenvalue weighted by Gasteiger charge is 2.04. The van der Waals surface area contributed by atoms with Gasteiger partial charge in [-0.15, -0.1) is 0 Å². The monoisotopic (exact) mass is 342 g/mol. The Kier molecular flexibility index (Phi) is 7.43. The molecule has 0 heterocycles. The molecule has 0 atom stereocenters. The lowest BCUT2D eigenvalue weighted by molar-refractivity contribution is -0.115. The maximum absolute atomic E-state index is 12.8. The molecule has 5 nitrogen and oxygen atoms in total. The molecule has 2 aromatic rings. The third-order valence-electron chi connectivity index (χ3n) is 3.55. The fraction of sp³-hybridized carbons (Fsp3) is 0.263. The van der Waals surface area contributed by atoms with Gasteiger partial charge in [-0.3, -0.25) is 9.79 Å². The highest BCUT2D eigenvalue weighted by molar-refractivity contribution is 5.94. The first-order valence-electron chi connectivity index (χ1n) is 8.21. The largest absolute Gasteiger partial charge is 0.356 e. The smallest absolute Gasteiger partial charge is 0.243 e. The first-order chi connectivity index (χ1) is 12.2. The lowest BCUT2D eigenvalue weighted by Gasteiger charge is -2.12. The van der Waals surface area contributed by atoms with Gasteiger partial charge in [-0.1, -0.05) is 30.3 Å². The van der Waals surface area contributed by atoms with Crippen LogP contribution in [0.15, 0.2) is 59.6 Å². The second kappa shape index (κ2) is 10.1. The lowest BCUT2D eigenvalue weighted by atomic mass is 10.1. The van der Waals surface area contributed by atoms with Crippen molar-refractivity contribution in [2.45, 2.75) is 12.8 Å². The fourth-order valence-electron chi connectivity index (χ4n) is 2.27. The zero-order valence-electron chi connectivity index (χ0n) is 14.3. The van der Waals surface area contributed by atoms with E-state index in [1.54, 1.807) is 7.05 Å². The summed E-state index contributed by atoms with van der Waals surface area (Å²) in [7, 11) is 1.66. The van der Waals surface area contributed by atoms with Crippen molar-refractivity contribution in [2.24, 2.45) is 4.99 Å². The van der Waals surface area contributed by atoms with Gasteiger partial charge in [0.2, 0.25) is 5.91 Å². The van der Waals surface area contributed by atoms with E-state index in [-0.39, 0.29) is 18.3 Å². The number of hydrogen-bond donors (Lipinski definition) is 3. The molecule has 6 heteroatoms. The average Bonchev–Trinajstić information content (AvgIpc) is 2.64. The number of hydrogen-bond acceptors (Lipinski definition) is 2. The standard InChI is InChI=1S/C19H23FN4O/c1-21-19(22-13-5-8-15-6-3-2-4-7-15)23-14-18(25)24-17-11-9-16(20)10-12-17/h2-4,6-7,9-12H,5,8,13-14H2,1H3,(H,24,25)(H2,21,22,23). The van der Waals surface area contributed by atoms with Crippen LogP contribution in [0.5, 0.6) is 0 Å². The van der Waals surface area contributed by atoms with E-state index in [4.69, 9.17) is 0 Å². The molecule has 2 rings (SSSR count). The number of aliphatic imine (C=N–C) groups is 1. The quantitative estimate of drug-likeness (QED) is 0.412. The minimum atomic E-state index is -0.337. The van der Waals surface area contributed by atoms with E-state index in [1.807, 2.05) is 18.2 Å². The van der Waals surface area contributed by atoms with E-state index >= 15 is 0 Å². The number of aryl methyl sites for hydroxylation is 1. The summed E-state index contributed by atoms with van der Waals surface area (Å²) < 4.78 is 12.8. The predicted octanol–water partition coefficient (Wildman–Crippen LogP) is 2.56. The molecular formula is C19H23FN4O. The average molecular weight is 342 g/mol. The molecule has 2 aromatic carbocycles. The van der Waals surface area contributed by atoms with Crippen LogP contribution in [-0.2, 0) is 11.2 Å². The number of benzene rings is 2. The third-order valence-corrected chi connectivity index (χ3v) is 3.55. The van der Waals surface area contributed by atoms with Crippen molar-refractivity contribution in [1.82, 2.24) is 10.6 Å². The number of carbonyl (C=O) groups excluding carboxylic acids is 1. The van der Waals surface area contributed by atoms with E-state index in [1.165, 1.54) is 29.8 Å². The zero-order chi connectivity index (χ0) is 17.9. The van der Waals surface area contributed by atoms with Crippen molar-refractivity contribution in [3.05, 3.63) is 66.0 Å². The van der Waals surface area contributed by atoms with Crippen LogP contribution < -0.4 is 16.0 Å². The maximum atomic E-state index is 12.8. The Hall–Kier alpha value is -2.89. The summed E-state index contributed by atoms with van der Waals surface area (Å²) in [4.78, 5) is 16.0. The molecule has 0 fully saturated rings. The van der Waals surface area contributed by atoms with E-state index in [0.717, 1.165) is 19.4 Å². The van der Waals surface area contributed by atoms with Gasteiger partial charge in [-0.2, -0.15) is 0 Å². The van der Waals surface area contributed by atoms with Crippen molar-refractivity contribution in [3.63, 3.8) is 0 Å². The maximum Gasteiger partial charge on any atom is 0.243 e. The van der Waals surface area contributed by atoms with Crippen LogP contribution >= 0.6 is 0 Å². The van der Waals surface area contributed by atoms with Gasteiger partial charge in [0.15, 0.2) is 5.96 Å². The Morgan fingerprint density at radius 2 is 1.76 bits per heavy atom. The second-order valence-electron chi connectivity index (χ2n) is 5.50. The van der Waals surface area contributed by atoms with Gasteiger partial charge in [0, 0.05) is 19.3 Å². The number of guanidine groups is 1. The van der Waals surface area contributed by atoms with Crippen molar-refractivity contribution >= 4 is 17.6 Å². The molecule has 0 spiro atoms. The van der Waals surface area contributed by atoms with Crippen molar-refractivity contribution < 1.29 is 9.18 Å². The van der Waals surface area contributed by atoms with Gasteiger partial charge in [0.05, 0.1) is 6.54 Å². The molecule has 0 saturated carbocycles. The van der Waals surface area contributed by atoms with Gasteiger partial charge in [0.25, 0.3) is 0 Å². The molecule has 0 unspecified atom stereocenters. The molecule has 0 bridgehead atoms. The van der Waals surface area contributed by atoms with Crippen molar-refractivity contribution in [1.29, 1.82) is 0 Å². The number of nitrogens with one attached hydrogen (secondary N) is 3. The SMILES string of the molecule is CN=C(NCCCc1ccccc1)NCC(=O)Nc1ccc(F)cc1. The van der Waals surface area contributed by atoms with Crippen LogP contribution in [0.3, 0.4) is 0 Å². The molecular weight excluding hydrogens is 319 g/mol. The van der Waals surface area contributed by atoms with Crippen LogP contribution in [0.2, 0.25) is 0 Å². The molecule has 25 heavy (non-hydrogen) atoms. The second-order valence-corrected chi connectivity index (χ2v) is 5.50. The van der Waals surface area contributed by atoms with Crippen LogP contribution in [0.1, 0.15) is 12.0 Å². The van der Waals surface area contributed by atoms with Gasteiger partial charge in [-0.25, -0.2) is 4.39 Å². The summed E-state index contributed by atoms with van der Waals surface area (Å²) in [5, 5.41) is 8.81. The number of rotatable bonds is 7. The summed E-state index contributed by atoms with van der Waals surface area (Å²) in [5.41, 5.74) is 1.85. The number of amides is 1. The first kappa shape index (κ1) is 18.4. The van der Waals surface area contributed by atoms with Gasteiger partial charge >= 0.3 is 0 Å². The van der Waals surface area contributed by atoms with E-state index in [0.29, 0.717) is 11.6 Å². The van der Waals surface area contributed by atoms with Crippen molar-refractivity contribution in [2.75, 3.05) is 25.5 Å². The summed E-state index contributed by atoms with van der Waals surface area (Å²) in [6, 6.07) is 15.9. The molecule has 132 valence electrons. The summed E-state index contributed by atoms with van der Waals surface area (Å²) in [5.74, 6) is 0.0115. The summed E-state index contributed by atoms with van der Waals surface area (Å²) in [6.45, 7) is 0.837. The van der Waals surface area contributed by atoms with E-state index in [2.05, 4.69) is 33.1 Å². The van der Waals surface area contributed by atoms with Gasteiger partial charge in [0.1, 0.15) is 5.82 Å². The first-order valence-corrected chi connectivity index (χ1v) is 8.21. The molecule has 0 aliphatic carbocycles. The molecule has 1 amide bonds. The van der Waals surface area contributed by atoms with Crippen LogP contribution in [0.4, 0.5) is 10.1 Å². The van der Waals surface area contributed by atoms with Gasteiger partial charge < -0.3 is 16.0 Å². The predicted molar refractivity (Wildman–Crippen MR) is 99.2 cm³/mol. The summed E-state index contributed by atoms with van der Waals surface area (Å²) >= 11 is 0. The Morgan fingerprint density at radius 3 is 2.44 bits per heavy atom. The Morgan fingerprint density at radius 1 is 1.04 bits per heavy atom. The van der Waals surface area contributed by atoms with Crippen LogP contribution in [0, 0.1) is 5.82 Å². The van der Waals surface area contributed by atoms with E-state index in [9.17, 15) is 9.18 Å². The third kappa shape index (κ3) is 7.03. The minimum Gasteiger partial charge on any atom is -0.356 e. The molecule has 0 aromatic heterocycles. The number of halogens is 1. The topological polar surface area (TPSA) is 65.5 Å². The fourth-order valence-corrected chi connectivity index (χ4v) is 2.27. The number of nitrogens with zero attached hydrogens (tertiary/aromatic N) is 1. The van der Waals surface area contributed by atoms with Crippen LogP contribution in [0.25, 0.3) is 0 Å². The van der Waals surface area contributed by atoms with Crippen molar-refractivity contribution in [3.8, 4) is 0 Å². The molecule has 0 saturated heterocycles. The number of carbonyl (C=O) groups is 1. The zero-order valence-corrected chi connectivity index (χ0v) is 14.3. The van der Waals surface area contributed by atoms with Gasteiger partial charge in [-0.05, 0) is 42.7 Å². The normalized spacial score (nSPS) is 11.0. The Labute approximate surface area is 147 Å². The Bertz CT molecular complexity index is 686. The molecule has 0 radical (unpaired) electrons. The van der Waals surface area contributed by atoms with Crippen LogP contribution in [-0.4, -0.2) is 32.0 Å². The minimum absolute atomic E-state index is 0.0791. The molecule has 3 N–H and O–H groups in total. The lowest BCUT2D eigenvalue weighted by Crippen LogP contribution is -2.41. The summed E-state index contributed by atoms with van der Waals surface area (Å²) in [6.07, 6.45) is 1.95. The number of anilines is 1. The highest BCUT2D eigenvalue weighted by atomic mass is 19.1. The molecule has 0 aliphatic rings. The highest BCUT2D eigenvalue weighted by Crippen LogP contribution is 2.07. The molecule has 0 aliphatic heterocycles. The van der Waals surface area contributed by atoms with E-state index < -0.39 is 0 Å². The Balaban J connectivity index is 1.65.